The summed E-state index contributed by atoms with van der Waals surface area (Å²) in [6.45, 7) is 10.9. The fourth-order valence-corrected chi connectivity index (χ4v) is 3.65. The number of carbonyl (C=O) groups excluding carboxylic acids is 1. The van der Waals surface area contributed by atoms with E-state index in [1.54, 1.807) is 12.1 Å². The first-order valence-electron chi connectivity index (χ1n) is 9.84. The SMILES string of the molecule is CC(C)(C)[Si](C)(C)OCC[C@@H](NC(=O)c1ccc(-c2ccccc2)cc1)C(=O)O. The Hall–Kier alpha value is -2.44. The van der Waals surface area contributed by atoms with Crippen molar-refractivity contribution in [1.29, 1.82) is 0 Å². The highest BCUT2D eigenvalue weighted by molar-refractivity contribution is 6.74. The van der Waals surface area contributed by atoms with Crippen LogP contribution in [-0.4, -0.2) is 37.9 Å². The quantitative estimate of drug-likeness (QED) is 0.601. The molecule has 0 aromatic heterocycles. The Morgan fingerprint density at radius 2 is 1.55 bits per heavy atom. The molecule has 2 N–H and O–H groups in total. The van der Waals surface area contributed by atoms with E-state index in [-0.39, 0.29) is 11.5 Å². The molecule has 0 aliphatic heterocycles. The lowest BCUT2D eigenvalue weighted by atomic mass is 10.0. The fraction of sp³-hybridized carbons (Fsp3) is 0.391. The number of hydrogen-bond acceptors (Lipinski definition) is 3. The van der Waals surface area contributed by atoms with Gasteiger partial charge in [-0.2, -0.15) is 0 Å². The number of carboxylic acid groups (broad SMARTS) is 1. The van der Waals surface area contributed by atoms with Crippen LogP contribution in [0.5, 0.6) is 0 Å². The minimum atomic E-state index is -1.95. The standard InChI is InChI=1S/C23H31NO4Si/c1-23(2,3)29(4,5)28-16-15-20(22(26)27)24-21(25)19-13-11-18(12-14-19)17-9-7-6-8-10-17/h6-14,20H,15-16H2,1-5H3,(H,24,25)(H,26,27)/t20-/m1/s1. The summed E-state index contributed by atoms with van der Waals surface area (Å²) in [7, 11) is -1.95. The number of benzene rings is 2. The van der Waals surface area contributed by atoms with Crippen molar-refractivity contribution >= 4 is 20.2 Å². The summed E-state index contributed by atoms with van der Waals surface area (Å²) in [5.74, 6) is -1.46. The summed E-state index contributed by atoms with van der Waals surface area (Å²) >= 11 is 0. The smallest absolute Gasteiger partial charge is 0.326 e. The molecule has 0 spiro atoms. The monoisotopic (exact) mass is 413 g/mol. The molecule has 1 amide bonds. The van der Waals surface area contributed by atoms with Gasteiger partial charge in [0, 0.05) is 18.6 Å². The molecule has 2 rings (SSSR count). The highest BCUT2D eigenvalue weighted by atomic mass is 28.4. The van der Waals surface area contributed by atoms with Gasteiger partial charge in [0.1, 0.15) is 6.04 Å². The van der Waals surface area contributed by atoms with Gasteiger partial charge in [0.15, 0.2) is 8.32 Å². The van der Waals surface area contributed by atoms with Crippen LogP contribution in [0.1, 0.15) is 37.6 Å². The number of rotatable bonds is 8. The molecule has 0 saturated heterocycles. The molecule has 0 aliphatic rings. The summed E-state index contributed by atoms with van der Waals surface area (Å²) in [4.78, 5) is 24.1. The summed E-state index contributed by atoms with van der Waals surface area (Å²) in [5.41, 5.74) is 2.49. The number of hydrogen-bond donors (Lipinski definition) is 2. The predicted molar refractivity (Wildman–Crippen MR) is 119 cm³/mol. The topological polar surface area (TPSA) is 75.6 Å². The summed E-state index contributed by atoms with van der Waals surface area (Å²) in [6.07, 6.45) is 0.232. The van der Waals surface area contributed by atoms with Crippen LogP contribution >= 0.6 is 0 Å². The van der Waals surface area contributed by atoms with Gasteiger partial charge in [0.2, 0.25) is 0 Å². The molecule has 0 unspecified atom stereocenters. The molecule has 0 bridgehead atoms. The predicted octanol–water partition coefficient (Wildman–Crippen LogP) is 4.95. The lowest BCUT2D eigenvalue weighted by Crippen LogP contribution is -2.44. The molecular formula is C23H31NO4Si. The van der Waals surface area contributed by atoms with E-state index in [0.29, 0.717) is 12.2 Å². The normalized spacial score (nSPS) is 13.0. The number of carbonyl (C=O) groups is 2. The van der Waals surface area contributed by atoms with Gasteiger partial charge in [0.25, 0.3) is 5.91 Å². The van der Waals surface area contributed by atoms with Crippen LogP contribution < -0.4 is 5.32 Å². The van der Waals surface area contributed by atoms with Crippen LogP contribution in [0.25, 0.3) is 11.1 Å². The van der Waals surface area contributed by atoms with E-state index in [0.717, 1.165) is 11.1 Å². The maximum Gasteiger partial charge on any atom is 0.326 e. The van der Waals surface area contributed by atoms with Crippen molar-refractivity contribution in [3.8, 4) is 11.1 Å². The molecule has 0 heterocycles. The Kier molecular flexibility index (Phi) is 7.38. The van der Waals surface area contributed by atoms with E-state index >= 15 is 0 Å². The molecule has 0 saturated carbocycles. The van der Waals surface area contributed by atoms with Gasteiger partial charge in [-0.3, -0.25) is 4.79 Å². The number of carboxylic acids is 1. The third-order valence-electron chi connectivity index (χ3n) is 5.53. The maximum atomic E-state index is 12.5. The fourth-order valence-electron chi connectivity index (χ4n) is 2.59. The highest BCUT2D eigenvalue weighted by Crippen LogP contribution is 2.36. The van der Waals surface area contributed by atoms with Crippen molar-refractivity contribution in [3.63, 3.8) is 0 Å². The van der Waals surface area contributed by atoms with Gasteiger partial charge in [-0.15, -0.1) is 0 Å². The van der Waals surface area contributed by atoms with Gasteiger partial charge < -0.3 is 14.8 Å². The molecular weight excluding hydrogens is 382 g/mol. The minimum absolute atomic E-state index is 0.0511. The Balaban J connectivity index is 1.98. The zero-order chi connectivity index (χ0) is 21.7. The van der Waals surface area contributed by atoms with Crippen LogP contribution in [-0.2, 0) is 9.22 Å². The molecule has 2 aromatic carbocycles. The van der Waals surface area contributed by atoms with Gasteiger partial charge in [0.05, 0.1) is 0 Å². The molecule has 6 heteroatoms. The van der Waals surface area contributed by atoms with Crippen LogP contribution in [0.4, 0.5) is 0 Å². The van der Waals surface area contributed by atoms with E-state index in [2.05, 4.69) is 39.2 Å². The molecule has 2 aromatic rings. The van der Waals surface area contributed by atoms with Crippen LogP contribution in [0, 0.1) is 0 Å². The number of amides is 1. The molecule has 0 fully saturated rings. The third-order valence-corrected chi connectivity index (χ3v) is 10.1. The van der Waals surface area contributed by atoms with Crippen molar-refractivity contribution in [3.05, 3.63) is 60.2 Å². The van der Waals surface area contributed by atoms with Crippen LogP contribution in [0.15, 0.2) is 54.6 Å². The lowest BCUT2D eigenvalue weighted by Gasteiger charge is -2.36. The van der Waals surface area contributed by atoms with Crippen molar-refractivity contribution in [1.82, 2.24) is 5.32 Å². The van der Waals surface area contributed by atoms with E-state index in [1.165, 1.54) is 0 Å². The van der Waals surface area contributed by atoms with Gasteiger partial charge >= 0.3 is 5.97 Å². The highest BCUT2D eigenvalue weighted by Gasteiger charge is 2.37. The van der Waals surface area contributed by atoms with E-state index in [9.17, 15) is 14.7 Å². The second-order valence-corrected chi connectivity index (χ2v) is 13.5. The minimum Gasteiger partial charge on any atom is -0.480 e. The number of aliphatic carboxylic acids is 1. The van der Waals surface area contributed by atoms with Gasteiger partial charge in [-0.1, -0.05) is 63.2 Å². The molecule has 29 heavy (non-hydrogen) atoms. The Labute approximate surface area is 174 Å². The molecule has 0 aliphatic carbocycles. The Bertz CT molecular complexity index is 826. The van der Waals surface area contributed by atoms with Crippen molar-refractivity contribution < 1.29 is 19.1 Å². The molecule has 1 atom stereocenters. The molecule has 156 valence electrons. The molecule has 0 radical (unpaired) electrons. The van der Waals surface area contributed by atoms with Crippen molar-refractivity contribution in [2.45, 2.75) is 51.4 Å². The van der Waals surface area contributed by atoms with E-state index in [4.69, 9.17) is 4.43 Å². The average molecular weight is 414 g/mol. The Morgan fingerprint density at radius 3 is 2.07 bits per heavy atom. The zero-order valence-corrected chi connectivity index (χ0v) is 18.9. The molecule has 5 nitrogen and oxygen atoms in total. The first kappa shape index (κ1) is 22.8. The van der Waals surface area contributed by atoms with Crippen molar-refractivity contribution in [2.24, 2.45) is 0 Å². The van der Waals surface area contributed by atoms with E-state index < -0.39 is 26.2 Å². The van der Waals surface area contributed by atoms with Gasteiger partial charge in [-0.05, 0) is 41.4 Å². The summed E-state index contributed by atoms with van der Waals surface area (Å²) in [5, 5.41) is 12.2. The summed E-state index contributed by atoms with van der Waals surface area (Å²) < 4.78 is 6.05. The van der Waals surface area contributed by atoms with Crippen molar-refractivity contribution in [2.75, 3.05) is 6.61 Å². The summed E-state index contributed by atoms with van der Waals surface area (Å²) in [6, 6.07) is 16.0. The second-order valence-electron chi connectivity index (χ2n) is 8.71. The maximum absolute atomic E-state index is 12.5. The third kappa shape index (κ3) is 6.27. The first-order chi connectivity index (χ1) is 13.5. The van der Waals surface area contributed by atoms with Crippen LogP contribution in [0.2, 0.25) is 18.1 Å². The largest absolute Gasteiger partial charge is 0.480 e. The van der Waals surface area contributed by atoms with E-state index in [1.807, 2.05) is 42.5 Å². The first-order valence-corrected chi connectivity index (χ1v) is 12.8. The lowest BCUT2D eigenvalue weighted by molar-refractivity contribution is -0.139. The average Bonchev–Trinajstić information content (AvgIpc) is 2.66. The van der Waals surface area contributed by atoms with Gasteiger partial charge in [-0.25, -0.2) is 4.79 Å². The Morgan fingerprint density at radius 1 is 1.00 bits per heavy atom. The second kappa shape index (κ2) is 9.37. The van der Waals surface area contributed by atoms with Crippen LogP contribution in [0.3, 0.4) is 0 Å². The number of nitrogens with one attached hydrogen (secondary N) is 1. The zero-order valence-electron chi connectivity index (χ0n) is 17.9.